The van der Waals surface area contributed by atoms with Crippen molar-refractivity contribution in [2.24, 2.45) is 0 Å². The number of ether oxygens (including phenoxy) is 1. The van der Waals surface area contributed by atoms with Crippen molar-refractivity contribution in [1.82, 2.24) is 10.6 Å². The van der Waals surface area contributed by atoms with E-state index in [0.29, 0.717) is 0 Å². The molecular formula is C9H18N2O2. The Morgan fingerprint density at radius 3 is 2.85 bits per heavy atom. The lowest BCUT2D eigenvalue weighted by Crippen LogP contribution is -2.51. The Morgan fingerprint density at radius 1 is 1.69 bits per heavy atom. The van der Waals surface area contributed by atoms with Gasteiger partial charge in [-0.1, -0.05) is 0 Å². The molecule has 1 rings (SSSR count). The first-order valence-electron chi connectivity index (χ1n) is 4.64. The molecule has 2 unspecified atom stereocenters. The Balaban J connectivity index is 2.42. The van der Waals surface area contributed by atoms with Crippen molar-refractivity contribution in [3.05, 3.63) is 0 Å². The first kappa shape index (κ1) is 10.5. The maximum absolute atomic E-state index is 11.1. The van der Waals surface area contributed by atoms with Gasteiger partial charge in [-0.25, -0.2) is 0 Å². The van der Waals surface area contributed by atoms with Gasteiger partial charge in [0.25, 0.3) is 0 Å². The molecule has 0 aromatic heterocycles. The number of hydrogen-bond donors (Lipinski definition) is 2. The fourth-order valence-corrected chi connectivity index (χ4v) is 1.70. The predicted octanol–water partition coefficient (Wildman–Crippen LogP) is -0.110. The van der Waals surface area contributed by atoms with Crippen LogP contribution in [0.25, 0.3) is 0 Å². The number of carbonyl (C=O) groups is 1. The number of nitrogens with one attached hydrogen (secondary N) is 2. The van der Waals surface area contributed by atoms with Gasteiger partial charge in [-0.15, -0.1) is 0 Å². The van der Waals surface area contributed by atoms with E-state index in [1.54, 1.807) is 0 Å². The van der Waals surface area contributed by atoms with Crippen molar-refractivity contribution in [1.29, 1.82) is 0 Å². The molecule has 0 aromatic carbocycles. The average molecular weight is 186 g/mol. The molecule has 1 aliphatic rings. The van der Waals surface area contributed by atoms with Crippen LogP contribution in [0.5, 0.6) is 0 Å². The van der Waals surface area contributed by atoms with E-state index in [1.807, 2.05) is 6.92 Å². The minimum Gasteiger partial charge on any atom is -0.468 e. The van der Waals surface area contributed by atoms with Crippen molar-refractivity contribution >= 4 is 5.97 Å². The molecule has 0 spiro atoms. The number of hydrogen-bond acceptors (Lipinski definition) is 4. The van der Waals surface area contributed by atoms with E-state index in [1.165, 1.54) is 7.11 Å². The number of carbonyl (C=O) groups excluding carboxylic acids is 1. The third kappa shape index (κ3) is 2.67. The summed E-state index contributed by atoms with van der Waals surface area (Å²) in [6, 6.07) is -0.227. The highest BCUT2D eigenvalue weighted by Crippen LogP contribution is 2.14. The van der Waals surface area contributed by atoms with Gasteiger partial charge in [-0.2, -0.15) is 0 Å². The molecule has 2 atom stereocenters. The first-order chi connectivity index (χ1) is 6.07. The van der Waals surface area contributed by atoms with E-state index in [4.69, 9.17) is 0 Å². The van der Waals surface area contributed by atoms with Gasteiger partial charge in [-0.05, 0) is 26.8 Å². The minimum atomic E-state index is -0.227. The SMILES string of the molecule is COC(=O)C(C)NC1(C)CCNC1. The van der Waals surface area contributed by atoms with Crippen LogP contribution in [0.2, 0.25) is 0 Å². The third-order valence-corrected chi connectivity index (χ3v) is 2.49. The zero-order valence-electron chi connectivity index (χ0n) is 8.52. The van der Waals surface area contributed by atoms with E-state index in [9.17, 15) is 4.79 Å². The van der Waals surface area contributed by atoms with Gasteiger partial charge in [-0.3, -0.25) is 10.1 Å². The summed E-state index contributed by atoms with van der Waals surface area (Å²) in [4.78, 5) is 11.1. The molecule has 1 heterocycles. The summed E-state index contributed by atoms with van der Waals surface area (Å²) in [5.41, 5.74) is 0.0353. The van der Waals surface area contributed by atoms with Gasteiger partial charge in [0.1, 0.15) is 6.04 Å². The standard InChI is InChI=1S/C9H18N2O2/c1-7(8(12)13-3)11-9(2)4-5-10-6-9/h7,10-11H,4-6H2,1-3H3. The second-order valence-electron chi connectivity index (χ2n) is 3.88. The summed E-state index contributed by atoms with van der Waals surface area (Å²) in [5, 5.41) is 6.53. The molecule has 0 radical (unpaired) electrons. The summed E-state index contributed by atoms with van der Waals surface area (Å²) < 4.78 is 4.65. The Morgan fingerprint density at radius 2 is 2.38 bits per heavy atom. The lowest BCUT2D eigenvalue weighted by Gasteiger charge is -2.27. The monoisotopic (exact) mass is 186 g/mol. The van der Waals surface area contributed by atoms with Crippen LogP contribution in [-0.4, -0.2) is 37.7 Å². The zero-order valence-corrected chi connectivity index (χ0v) is 8.52. The van der Waals surface area contributed by atoms with E-state index in [0.717, 1.165) is 19.5 Å². The summed E-state index contributed by atoms with van der Waals surface area (Å²) in [6.45, 7) is 5.87. The highest BCUT2D eigenvalue weighted by Gasteiger charge is 2.31. The van der Waals surface area contributed by atoms with Crippen LogP contribution < -0.4 is 10.6 Å². The van der Waals surface area contributed by atoms with E-state index in [2.05, 4.69) is 22.3 Å². The molecule has 0 amide bonds. The summed E-state index contributed by atoms with van der Waals surface area (Å²) in [5.74, 6) is -0.201. The van der Waals surface area contributed by atoms with Crippen LogP contribution >= 0.6 is 0 Å². The number of esters is 1. The first-order valence-corrected chi connectivity index (χ1v) is 4.64. The Kier molecular flexibility index (Phi) is 3.27. The molecule has 1 fully saturated rings. The van der Waals surface area contributed by atoms with Crippen molar-refractivity contribution in [3.8, 4) is 0 Å². The molecule has 0 saturated carbocycles. The van der Waals surface area contributed by atoms with Crippen molar-refractivity contribution in [3.63, 3.8) is 0 Å². The molecule has 1 aliphatic heterocycles. The fourth-order valence-electron chi connectivity index (χ4n) is 1.70. The quantitative estimate of drug-likeness (QED) is 0.604. The molecule has 4 heteroatoms. The molecular weight excluding hydrogens is 168 g/mol. The van der Waals surface area contributed by atoms with Crippen LogP contribution in [0.1, 0.15) is 20.3 Å². The average Bonchev–Trinajstić information content (AvgIpc) is 2.50. The predicted molar refractivity (Wildman–Crippen MR) is 50.5 cm³/mol. The number of rotatable bonds is 3. The molecule has 0 bridgehead atoms. The Hall–Kier alpha value is -0.610. The Labute approximate surface area is 79.0 Å². The number of methoxy groups -OCH3 is 1. The Bertz CT molecular complexity index is 188. The summed E-state index contributed by atoms with van der Waals surface area (Å²) >= 11 is 0. The van der Waals surface area contributed by atoms with Crippen LogP contribution in [0, 0.1) is 0 Å². The van der Waals surface area contributed by atoms with Crippen LogP contribution in [0.3, 0.4) is 0 Å². The van der Waals surface area contributed by atoms with E-state index >= 15 is 0 Å². The van der Waals surface area contributed by atoms with Crippen LogP contribution in [0.15, 0.2) is 0 Å². The van der Waals surface area contributed by atoms with Crippen molar-refractivity contribution in [2.75, 3.05) is 20.2 Å². The minimum absolute atomic E-state index is 0.0353. The highest BCUT2D eigenvalue weighted by molar-refractivity contribution is 5.75. The normalized spacial score (nSPS) is 30.1. The fraction of sp³-hybridized carbons (Fsp3) is 0.889. The second kappa shape index (κ2) is 4.07. The maximum atomic E-state index is 11.1. The molecule has 13 heavy (non-hydrogen) atoms. The molecule has 4 nitrogen and oxygen atoms in total. The van der Waals surface area contributed by atoms with E-state index in [-0.39, 0.29) is 17.6 Å². The maximum Gasteiger partial charge on any atom is 0.322 e. The lowest BCUT2D eigenvalue weighted by molar-refractivity contribution is -0.143. The largest absolute Gasteiger partial charge is 0.468 e. The van der Waals surface area contributed by atoms with Crippen molar-refractivity contribution < 1.29 is 9.53 Å². The third-order valence-electron chi connectivity index (χ3n) is 2.49. The smallest absolute Gasteiger partial charge is 0.322 e. The van der Waals surface area contributed by atoms with Gasteiger partial charge >= 0.3 is 5.97 Å². The lowest BCUT2D eigenvalue weighted by atomic mass is 10.0. The molecule has 76 valence electrons. The van der Waals surface area contributed by atoms with E-state index < -0.39 is 0 Å². The van der Waals surface area contributed by atoms with Crippen molar-refractivity contribution in [2.45, 2.75) is 31.8 Å². The zero-order chi connectivity index (χ0) is 9.90. The van der Waals surface area contributed by atoms with Gasteiger partial charge in [0.2, 0.25) is 0 Å². The van der Waals surface area contributed by atoms with Crippen LogP contribution in [-0.2, 0) is 9.53 Å². The molecule has 1 saturated heterocycles. The van der Waals surface area contributed by atoms with Gasteiger partial charge < -0.3 is 10.1 Å². The molecule has 2 N–H and O–H groups in total. The van der Waals surface area contributed by atoms with Gasteiger partial charge in [0.15, 0.2) is 0 Å². The second-order valence-corrected chi connectivity index (χ2v) is 3.88. The van der Waals surface area contributed by atoms with Gasteiger partial charge in [0.05, 0.1) is 7.11 Å². The molecule has 0 aromatic rings. The highest BCUT2D eigenvalue weighted by atomic mass is 16.5. The van der Waals surface area contributed by atoms with Crippen LogP contribution in [0.4, 0.5) is 0 Å². The van der Waals surface area contributed by atoms with Gasteiger partial charge in [0, 0.05) is 12.1 Å². The summed E-state index contributed by atoms with van der Waals surface area (Å²) in [7, 11) is 1.41. The summed E-state index contributed by atoms with van der Waals surface area (Å²) in [6.07, 6.45) is 1.05. The topological polar surface area (TPSA) is 50.4 Å². The molecule has 0 aliphatic carbocycles.